The van der Waals surface area contributed by atoms with Gasteiger partial charge in [-0.2, -0.15) is 4.39 Å². The lowest BCUT2D eigenvalue weighted by Gasteiger charge is -2.06. The van der Waals surface area contributed by atoms with E-state index < -0.39 is 105 Å². The Morgan fingerprint density at radius 3 is 1.26 bits per heavy atom. The Kier molecular flexibility index (Phi) is 7.51. The summed E-state index contributed by atoms with van der Waals surface area (Å²) in [6.07, 6.45) is -0.957. The molecule has 0 bridgehead atoms. The Hall–Kier alpha value is -2.95. The minimum Gasteiger partial charge on any atom is -0.223 e. The lowest BCUT2D eigenvalue weighted by atomic mass is 10.1. The van der Waals surface area contributed by atoms with Crippen LogP contribution in [0.25, 0.3) is 12.2 Å². The summed E-state index contributed by atoms with van der Waals surface area (Å²) in [6.45, 7) is 0. The van der Waals surface area contributed by atoms with E-state index in [1.165, 1.54) is 0 Å². The Morgan fingerprint density at radius 1 is 0.559 bits per heavy atom. The SMILES string of the molecule is O=S(=O)(C=Cc1c(F)c(F)c(F)c(F)c1F)CS(=O)(=O)C(F)=Cc1c(F)c(F)c(F)c(F)c1F. The van der Waals surface area contributed by atoms with E-state index in [1.54, 1.807) is 0 Å². The van der Waals surface area contributed by atoms with Gasteiger partial charge in [-0.25, -0.2) is 60.7 Å². The molecule has 17 heteroatoms. The van der Waals surface area contributed by atoms with Gasteiger partial charge in [-0.15, -0.1) is 0 Å². The second-order valence-corrected chi connectivity index (χ2v) is 10.3. The first-order chi connectivity index (χ1) is 15.4. The van der Waals surface area contributed by atoms with E-state index in [-0.39, 0.29) is 11.5 Å². The summed E-state index contributed by atoms with van der Waals surface area (Å²) in [6, 6.07) is 0. The number of hydrogen-bond donors (Lipinski definition) is 0. The lowest BCUT2D eigenvalue weighted by Crippen LogP contribution is -2.15. The van der Waals surface area contributed by atoms with E-state index in [2.05, 4.69) is 0 Å². The Labute approximate surface area is 182 Å². The van der Waals surface area contributed by atoms with Crippen molar-refractivity contribution >= 4 is 31.8 Å². The summed E-state index contributed by atoms with van der Waals surface area (Å²) in [4.78, 5) is 0. The standard InChI is InChI=1S/C17H5F11O4S2/c18-7(3-6-10(21)14(25)17(28)15(26)11(6)22)34(31,32)4-33(29,30)2-1-5-8(19)12(23)16(27)13(24)9(5)20/h1-3H,4H2. The monoisotopic (exact) mass is 546 g/mol. The van der Waals surface area contributed by atoms with Gasteiger partial charge in [-0.1, -0.05) is 0 Å². The maximum Gasteiger partial charge on any atom is 0.219 e. The third kappa shape index (κ3) is 5.08. The molecule has 4 nitrogen and oxygen atoms in total. The fraction of sp³-hybridized carbons (Fsp3) is 0.0588. The minimum absolute atomic E-state index is 0.243. The summed E-state index contributed by atoms with van der Waals surface area (Å²) in [5.41, 5.74) is -3.89. The van der Waals surface area contributed by atoms with Crippen LogP contribution in [-0.2, 0) is 19.7 Å². The topological polar surface area (TPSA) is 68.3 Å². The van der Waals surface area contributed by atoms with Crippen molar-refractivity contribution in [2.24, 2.45) is 0 Å². The highest BCUT2D eigenvalue weighted by molar-refractivity contribution is 8.11. The molecule has 0 unspecified atom stereocenters. The van der Waals surface area contributed by atoms with E-state index >= 15 is 0 Å². The summed E-state index contributed by atoms with van der Waals surface area (Å²) >= 11 is 0. The van der Waals surface area contributed by atoms with E-state index in [0.717, 1.165) is 0 Å². The van der Waals surface area contributed by atoms with Crippen LogP contribution in [-0.4, -0.2) is 21.9 Å². The quantitative estimate of drug-likeness (QED) is 0.297. The molecule has 0 saturated heterocycles. The van der Waals surface area contributed by atoms with Crippen LogP contribution in [0.5, 0.6) is 0 Å². The molecule has 0 aliphatic carbocycles. The molecule has 2 rings (SSSR count). The zero-order chi connectivity index (χ0) is 26.3. The Morgan fingerprint density at radius 2 is 0.882 bits per heavy atom. The van der Waals surface area contributed by atoms with Gasteiger partial charge in [-0.3, -0.25) is 0 Å². The zero-order valence-electron chi connectivity index (χ0n) is 15.5. The molecule has 2 aromatic carbocycles. The molecule has 0 amide bonds. The van der Waals surface area contributed by atoms with Crippen LogP contribution >= 0.6 is 0 Å². The average Bonchev–Trinajstić information content (AvgIpc) is 2.75. The molecule has 0 aliphatic heterocycles. The van der Waals surface area contributed by atoms with Gasteiger partial charge in [0.25, 0.3) is 0 Å². The molecule has 34 heavy (non-hydrogen) atoms. The summed E-state index contributed by atoms with van der Waals surface area (Å²) in [7, 11) is -11.0. The number of hydrogen-bond acceptors (Lipinski definition) is 4. The number of halogens is 11. The van der Waals surface area contributed by atoms with Gasteiger partial charge in [0.1, 0.15) is 0 Å². The maximum atomic E-state index is 14.0. The van der Waals surface area contributed by atoms with Crippen LogP contribution in [0.15, 0.2) is 10.6 Å². The van der Waals surface area contributed by atoms with Crippen LogP contribution in [0.1, 0.15) is 11.1 Å². The lowest BCUT2D eigenvalue weighted by molar-refractivity contribution is 0.376. The molecule has 0 radical (unpaired) electrons. The normalized spacial score (nSPS) is 13.2. The van der Waals surface area contributed by atoms with Crippen LogP contribution < -0.4 is 0 Å². The molecular formula is C17H5F11O4S2. The van der Waals surface area contributed by atoms with Crippen molar-refractivity contribution in [3.8, 4) is 0 Å². The van der Waals surface area contributed by atoms with Gasteiger partial charge < -0.3 is 0 Å². The second-order valence-electron chi connectivity index (χ2n) is 6.11. The van der Waals surface area contributed by atoms with Crippen LogP contribution in [0.3, 0.4) is 0 Å². The van der Waals surface area contributed by atoms with Crippen molar-refractivity contribution < 1.29 is 65.1 Å². The molecule has 0 fully saturated rings. The van der Waals surface area contributed by atoms with Crippen molar-refractivity contribution in [3.05, 3.63) is 79.9 Å². The first-order valence-electron chi connectivity index (χ1n) is 7.96. The number of benzene rings is 2. The van der Waals surface area contributed by atoms with Crippen LogP contribution in [0.2, 0.25) is 0 Å². The van der Waals surface area contributed by atoms with Crippen molar-refractivity contribution in [2.45, 2.75) is 0 Å². The molecule has 186 valence electrons. The fourth-order valence-electron chi connectivity index (χ4n) is 2.20. The van der Waals surface area contributed by atoms with Gasteiger partial charge in [0.2, 0.25) is 26.6 Å². The van der Waals surface area contributed by atoms with E-state index in [1.807, 2.05) is 0 Å². The summed E-state index contributed by atoms with van der Waals surface area (Å²) < 4.78 is 194. The third-order valence-electron chi connectivity index (χ3n) is 3.80. The molecule has 0 aromatic heterocycles. The predicted molar refractivity (Wildman–Crippen MR) is 93.3 cm³/mol. The molecule has 0 saturated carbocycles. The summed E-state index contributed by atoms with van der Waals surface area (Å²) in [5, 5.41) is -5.43. The number of sulfone groups is 2. The minimum atomic E-state index is -5.75. The van der Waals surface area contributed by atoms with Gasteiger partial charge in [0, 0.05) is 5.41 Å². The van der Waals surface area contributed by atoms with Crippen molar-refractivity contribution in [1.82, 2.24) is 0 Å². The van der Waals surface area contributed by atoms with E-state index in [9.17, 15) is 65.1 Å². The van der Waals surface area contributed by atoms with Gasteiger partial charge in [0.15, 0.2) is 61.5 Å². The van der Waals surface area contributed by atoms with Gasteiger partial charge in [-0.05, 0) is 12.2 Å². The smallest absolute Gasteiger partial charge is 0.219 e. The first kappa shape index (κ1) is 27.3. The van der Waals surface area contributed by atoms with Crippen molar-refractivity contribution in [1.29, 1.82) is 0 Å². The third-order valence-corrected chi connectivity index (χ3v) is 7.62. The maximum absolute atomic E-state index is 14.0. The highest BCUT2D eigenvalue weighted by Gasteiger charge is 2.30. The Bertz CT molecular complexity index is 1410. The largest absolute Gasteiger partial charge is 0.223 e. The molecule has 0 aliphatic rings. The Balaban J connectivity index is 2.46. The average molecular weight is 546 g/mol. The predicted octanol–water partition coefficient (Wildman–Crippen LogP) is 4.80. The van der Waals surface area contributed by atoms with Gasteiger partial charge >= 0.3 is 0 Å². The molecule has 2 aromatic rings. The molecule has 0 spiro atoms. The molecule has 0 atom stereocenters. The highest BCUT2D eigenvalue weighted by atomic mass is 32.3. The molecular weight excluding hydrogens is 541 g/mol. The van der Waals surface area contributed by atoms with Gasteiger partial charge in [0.05, 0.1) is 11.1 Å². The molecule has 0 heterocycles. The van der Waals surface area contributed by atoms with Crippen LogP contribution in [0, 0.1) is 58.2 Å². The zero-order valence-corrected chi connectivity index (χ0v) is 17.2. The fourth-order valence-corrected chi connectivity index (χ4v) is 5.34. The summed E-state index contributed by atoms with van der Waals surface area (Å²) in [5.74, 6) is -25.6. The second kappa shape index (κ2) is 9.36. The van der Waals surface area contributed by atoms with Crippen molar-refractivity contribution in [3.63, 3.8) is 0 Å². The number of rotatable bonds is 6. The molecule has 0 N–H and O–H groups in total. The van der Waals surface area contributed by atoms with E-state index in [4.69, 9.17) is 0 Å². The first-order valence-corrected chi connectivity index (χ1v) is 11.3. The van der Waals surface area contributed by atoms with Crippen LogP contribution in [0.4, 0.5) is 48.3 Å². The van der Waals surface area contributed by atoms with Crippen molar-refractivity contribution in [2.75, 3.05) is 5.08 Å². The van der Waals surface area contributed by atoms with E-state index in [0.29, 0.717) is 0 Å². The highest BCUT2D eigenvalue weighted by Crippen LogP contribution is 2.28.